The van der Waals surface area contributed by atoms with Gasteiger partial charge in [-0.05, 0) is 61.5 Å². The van der Waals surface area contributed by atoms with E-state index < -0.39 is 38.3 Å². The van der Waals surface area contributed by atoms with Crippen LogP contribution >= 0.6 is 0 Å². The number of sulfonamides is 2. The van der Waals surface area contributed by atoms with E-state index in [9.17, 15) is 26.0 Å². The summed E-state index contributed by atoms with van der Waals surface area (Å²) in [4.78, 5) is 12.8. The molecule has 0 saturated heterocycles. The standard InChI is InChI=1S/C23H24FN3O5S2/c1-17-7-13-22(14-8-17)34(31,32)27(20-11-9-18(24)10-12-20)16-23(28)25-19-5-4-6-21(15-19)26(2)33(3,29)30/h4-15H,16H2,1-3H3,(H,25,28). The Bertz CT molecular complexity index is 1390. The quantitative estimate of drug-likeness (QED) is 0.506. The first kappa shape index (κ1) is 25.2. The van der Waals surface area contributed by atoms with Crippen molar-refractivity contribution in [3.63, 3.8) is 0 Å². The Hall–Kier alpha value is -3.44. The second-order valence-electron chi connectivity index (χ2n) is 7.63. The average Bonchev–Trinajstić information content (AvgIpc) is 2.77. The summed E-state index contributed by atoms with van der Waals surface area (Å²) in [5, 5.41) is 2.59. The molecule has 0 saturated carbocycles. The zero-order chi connectivity index (χ0) is 25.1. The first-order valence-corrected chi connectivity index (χ1v) is 13.4. The van der Waals surface area contributed by atoms with Crippen molar-refractivity contribution in [1.82, 2.24) is 0 Å². The van der Waals surface area contributed by atoms with Crippen molar-refractivity contribution < 1.29 is 26.0 Å². The molecular weight excluding hydrogens is 481 g/mol. The monoisotopic (exact) mass is 505 g/mol. The number of hydrogen-bond donors (Lipinski definition) is 1. The number of rotatable bonds is 8. The van der Waals surface area contributed by atoms with Gasteiger partial charge in [-0.25, -0.2) is 21.2 Å². The fraction of sp³-hybridized carbons (Fsp3) is 0.174. The fourth-order valence-corrected chi connectivity index (χ4v) is 4.98. The van der Waals surface area contributed by atoms with Crippen LogP contribution in [0, 0.1) is 12.7 Å². The van der Waals surface area contributed by atoms with Crippen LogP contribution in [0.5, 0.6) is 0 Å². The first-order valence-electron chi connectivity index (χ1n) is 10.1. The van der Waals surface area contributed by atoms with E-state index >= 15 is 0 Å². The number of carbonyl (C=O) groups is 1. The van der Waals surface area contributed by atoms with Crippen LogP contribution in [-0.2, 0) is 24.8 Å². The summed E-state index contributed by atoms with van der Waals surface area (Å²) in [6, 6.07) is 17.0. The molecule has 0 fully saturated rings. The van der Waals surface area contributed by atoms with Gasteiger partial charge in [0.25, 0.3) is 10.0 Å². The predicted molar refractivity (Wildman–Crippen MR) is 130 cm³/mol. The van der Waals surface area contributed by atoms with Crippen molar-refractivity contribution in [3.05, 3.63) is 84.2 Å². The molecule has 3 rings (SSSR count). The molecular formula is C23H24FN3O5S2. The number of benzene rings is 3. The van der Waals surface area contributed by atoms with Crippen LogP contribution in [0.4, 0.5) is 21.5 Å². The van der Waals surface area contributed by atoms with Gasteiger partial charge in [-0.1, -0.05) is 23.8 Å². The zero-order valence-corrected chi connectivity index (χ0v) is 20.4. The highest BCUT2D eigenvalue weighted by molar-refractivity contribution is 7.93. The van der Waals surface area contributed by atoms with Gasteiger partial charge in [-0.15, -0.1) is 0 Å². The highest BCUT2D eigenvalue weighted by atomic mass is 32.2. The molecule has 3 aromatic rings. The topological polar surface area (TPSA) is 104 Å². The molecule has 0 aromatic heterocycles. The third kappa shape index (κ3) is 5.91. The second kappa shape index (κ2) is 9.82. The third-order valence-corrected chi connectivity index (χ3v) is 8.00. The Morgan fingerprint density at radius 2 is 1.53 bits per heavy atom. The van der Waals surface area contributed by atoms with Gasteiger partial charge >= 0.3 is 0 Å². The predicted octanol–water partition coefficient (Wildman–Crippen LogP) is 3.36. The van der Waals surface area contributed by atoms with Crippen LogP contribution in [-0.4, -0.2) is 42.6 Å². The van der Waals surface area contributed by atoms with E-state index in [4.69, 9.17) is 0 Å². The number of anilines is 3. The van der Waals surface area contributed by atoms with Crippen LogP contribution < -0.4 is 13.9 Å². The maximum atomic E-state index is 13.5. The van der Waals surface area contributed by atoms with E-state index in [-0.39, 0.29) is 16.3 Å². The molecule has 0 unspecified atom stereocenters. The summed E-state index contributed by atoms with van der Waals surface area (Å²) >= 11 is 0. The molecule has 0 aliphatic heterocycles. The van der Waals surface area contributed by atoms with Crippen LogP contribution in [0.3, 0.4) is 0 Å². The smallest absolute Gasteiger partial charge is 0.264 e. The Kier molecular flexibility index (Phi) is 7.27. The summed E-state index contributed by atoms with van der Waals surface area (Å²) < 4.78 is 65.7. The van der Waals surface area contributed by atoms with Crippen LogP contribution in [0.2, 0.25) is 0 Å². The molecule has 0 atom stereocenters. The maximum absolute atomic E-state index is 13.5. The number of nitrogens with zero attached hydrogens (tertiary/aromatic N) is 2. The lowest BCUT2D eigenvalue weighted by Crippen LogP contribution is -2.38. The van der Waals surface area contributed by atoms with Crippen molar-refractivity contribution in [2.45, 2.75) is 11.8 Å². The van der Waals surface area contributed by atoms with Gasteiger partial charge in [-0.3, -0.25) is 13.4 Å². The molecule has 0 aliphatic carbocycles. The number of nitrogens with one attached hydrogen (secondary N) is 1. The summed E-state index contributed by atoms with van der Waals surface area (Å²) in [6.07, 6.45) is 1.05. The molecule has 34 heavy (non-hydrogen) atoms. The molecule has 180 valence electrons. The number of hydrogen-bond acceptors (Lipinski definition) is 5. The molecule has 0 aliphatic rings. The van der Waals surface area contributed by atoms with Crippen molar-refractivity contribution in [1.29, 1.82) is 0 Å². The minimum Gasteiger partial charge on any atom is -0.324 e. The van der Waals surface area contributed by atoms with E-state index in [0.29, 0.717) is 5.69 Å². The highest BCUT2D eigenvalue weighted by Crippen LogP contribution is 2.25. The minimum atomic E-state index is -4.15. The lowest BCUT2D eigenvalue weighted by molar-refractivity contribution is -0.114. The number of amides is 1. The molecule has 0 spiro atoms. The molecule has 1 N–H and O–H groups in total. The summed E-state index contributed by atoms with van der Waals surface area (Å²) in [6.45, 7) is 1.23. The van der Waals surface area contributed by atoms with Crippen LogP contribution in [0.25, 0.3) is 0 Å². The Balaban J connectivity index is 1.91. The van der Waals surface area contributed by atoms with Gasteiger partial charge in [0.05, 0.1) is 22.5 Å². The van der Waals surface area contributed by atoms with E-state index in [2.05, 4.69) is 5.32 Å². The lowest BCUT2D eigenvalue weighted by atomic mass is 10.2. The maximum Gasteiger partial charge on any atom is 0.264 e. The Morgan fingerprint density at radius 1 is 0.912 bits per heavy atom. The third-order valence-electron chi connectivity index (χ3n) is 5.00. The lowest BCUT2D eigenvalue weighted by Gasteiger charge is -2.24. The highest BCUT2D eigenvalue weighted by Gasteiger charge is 2.27. The summed E-state index contributed by atoms with van der Waals surface area (Å²) in [5.41, 5.74) is 1.58. The largest absolute Gasteiger partial charge is 0.324 e. The molecule has 8 nitrogen and oxygen atoms in total. The van der Waals surface area contributed by atoms with E-state index in [0.717, 1.165) is 32.6 Å². The van der Waals surface area contributed by atoms with Gasteiger partial charge in [-0.2, -0.15) is 0 Å². The van der Waals surface area contributed by atoms with Crippen molar-refractivity contribution in [3.8, 4) is 0 Å². The number of aryl methyl sites for hydroxylation is 1. The minimum absolute atomic E-state index is 0.0213. The second-order valence-corrected chi connectivity index (χ2v) is 11.5. The number of halogens is 1. The average molecular weight is 506 g/mol. The van der Waals surface area contributed by atoms with Gasteiger partial charge in [0, 0.05) is 12.7 Å². The molecule has 0 radical (unpaired) electrons. The van der Waals surface area contributed by atoms with E-state index in [1.54, 1.807) is 30.3 Å². The van der Waals surface area contributed by atoms with Crippen LogP contribution in [0.15, 0.2) is 77.7 Å². The first-order chi connectivity index (χ1) is 15.9. The molecule has 3 aromatic carbocycles. The summed E-state index contributed by atoms with van der Waals surface area (Å²) in [5.74, 6) is -1.22. The summed E-state index contributed by atoms with van der Waals surface area (Å²) in [7, 11) is -6.28. The van der Waals surface area contributed by atoms with Crippen molar-refractivity contribution in [2.75, 3.05) is 33.8 Å². The molecule has 11 heteroatoms. The van der Waals surface area contributed by atoms with Crippen molar-refractivity contribution in [2.24, 2.45) is 0 Å². The van der Waals surface area contributed by atoms with Gasteiger partial charge in [0.1, 0.15) is 12.4 Å². The molecule has 0 bridgehead atoms. The van der Waals surface area contributed by atoms with Gasteiger partial charge in [0.15, 0.2) is 0 Å². The van der Waals surface area contributed by atoms with Crippen molar-refractivity contribution >= 4 is 43.0 Å². The SMILES string of the molecule is Cc1ccc(S(=O)(=O)N(CC(=O)Nc2cccc(N(C)S(C)(=O)=O)c2)c2ccc(F)cc2)cc1. The molecule has 0 heterocycles. The van der Waals surface area contributed by atoms with E-state index in [1.807, 2.05) is 6.92 Å². The van der Waals surface area contributed by atoms with Gasteiger partial charge in [0.2, 0.25) is 15.9 Å². The van der Waals surface area contributed by atoms with Crippen LogP contribution in [0.1, 0.15) is 5.56 Å². The Morgan fingerprint density at radius 3 is 2.12 bits per heavy atom. The van der Waals surface area contributed by atoms with Gasteiger partial charge < -0.3 is 5.32 Å². The normalized spacial score (nSPS) is 11.6. The Labute approximate surface area is 198 Å². The zero-order valence-electron chi connectivity index (χ0n) is 18.8. The van der Waals surface area contributed by atoms with E-state index in [1.165, 1.54) is 37.4 Å². The number of carbonyl (C=O) groups excluding carboxylic acids is 1. The fourth-order valence-electron chi connectivity index (χ4n) is 3.06. The molecule has 1 amide bonds.